The Kier molecular flexibility index (Phi) is 4.55. The molecule has 1 aliphatic carbocycles. The van der Waals surface area contributed by atoms with Crippen molar-refractivity contribution >= 4 is 17.6 Å². The zero-order valence-corrected chi connectivity index (χ0v) is 13.8. The van der Waals surface area contributed by atoms with Gasteiger partial charge in [-0.25, -0.2) is 4.79 Å². The summed E-state index contributed by atoms with van der Waals surface area (Å²) >= 11 is 0. The van der Waals surface area contributed by atoms with Crippen LogP contribution in [0.4, 0.5) is 10.5 Å². The molecule has 2 aliphatic rings. The number of hydrogen-bond donors (Lipinski definition) is 2. The number of benzene rings is 1. The van der Waals surface area contributed by atoms with E-state index in [1.807, 2.05) is 11.0 Å². The summed E-state index contributed by atoms with van der Waals surface area (Å²) in [4.78, 5) is 26.4. The minimum atomic E-state index is -0.0804. The topological polar surface area (TPSA) is 61.4 Å². The maximum absolute atomic E-state index is 12.4. The summed E-state index contributed by atoms with van der Waals surface area (Å²) in [6.07, 6.45) is 3.29. The predicted molar refractivity (Wildman–Crippen MR) is 90.5 cm³/mol. The van der Waals surface area contributed by atoms with Gasteiger partial charge in [0.25, 0.3) is 5.91 Å². The number of carbonyl (C=O) groups is 2. The Hall–Kier alpha value is -2.04. The monoisotopic (exact) mass is 315 g/mol. The summed E-state index contributed by atoms with van der Waals surface area (Å²) in [5.74, 6) is 0.990. The van der Waals surface area contributed by atoms with Crippen LogP contribution in [0.2, 0.25) is 0 Å². The molecule has 2 atom stereocenters. The lowest BCUT2D eigenvalue weighted by atomic mass is 9.92. The van der Waals surface area contributed by atoms with Gasteiger partial charge in [0.1, 0.15) is 0 Å². The number of urea groups is 1. The number of amides is 3. The van der Waals surface area contributed by atoms with Crippen molar-refractivity contribution in [2.75, 3.05) is 18.4 Å². The van der Waals surface area contributed by atoms with Crippen molar-refractivity contribution in [1.82, 2.24) is 10.2 Å². The lowest BCUT2D eigenvalue weighted by Gasteiger charge is -2.34. The van der Waals surface area contributed by atoms with E-state index in [2.05, 4.69) is 24.5 Å². The number of carbonyl (C=O) groups excluding carboxylic acids is 2. The number of likely N-dealkylation sites (tertiary alicyclic amines) is 1. The van der Waals surface area contributed by atoms with Crippen LogP contribution in [0, 0.1) is 11.8 Å². The van der Waals surface area contributed by atoms with Crippen LogP contribution in [0.15, 0.2) is 24.3 Å². The molecule has 3 rings (SSSR count). The van der Waals surface area contributed by atoms with Crippen molar-refractivity contribution in [3.05, 3.63) is 29.8 Å². The van der Waals surface area contributed by atoms with Crippen molar-refractivity contribution in [2.45, 2.75) is 39.2 Å². The highest BCUT2D eigenvalue weighted by atomic mass is 16.2. The first kappa shape index (κ1) is 15.8. The second-order valence-corrected chi connectivity index (χ2v) is 7.11. The molecule has 1 aliphatic heterocycles. The molecule has 0 bridgehead atoms. The minimum Gasteiger partial charge on any atom is -0.349 e. The van der Waals surface area contributed by atoms with Crippen LogP contribution < -0.4 is 10.6 Å². The fourth-order valence-electron chi connectivity index (χ4n) is 3.27. The standard InChI is InChI=1S/C18H25N3O2/c1-12-8-13(2)11-21(10-12)18(23)20-16-5-3-4-14(9-16)17(22)19-15-6-7-15/h3-5,9,12-13,15H,6-8,10-11H2,1-2H3,(H,19,22)(H,20,23)/t12-,13-/m0/s1. The first-order valence-corrected chi connectivity index (χ1v) is 8.48. The fourth-order valence-corrected chi connectivity index (χ4v) is 3.27. The molecule has 5 heteroatoms. The van der Waals surface area contributed by atoms with Crippen LogP contribution in [0.1, 0.15) is 43.5 Å². The maximum Gasteiger partial charge on any atom is 0.321 e. The summed E-state index contributed by atoms with van der Waals surface area (Å²) in [5.41, 5.74) is 1.26. The predicted octanol–water partition coefficient (Wildman–Crippen LogP) is 3.09. The number of rotatable bonds is 3. The van der Waals surface area contributed by atoms with E-state index in [0.717, 1.165) is 25.9 Å². The van der Waals surface area contributed by atoms with Gasteiger partial charge >= 0.3 is 6.03 Å². The van der Waals surface area contributed by atoms with Crippen LogP contribution in [0.5, 0.6) is 0 Å². The number of nitrogens with one attached hydrogen (secondary N) is 2. The molecule has 0 unspecified atom stereocenters. The van der Waals surface area contributed by atoms with E-state index < -0.39 is 0 Å². The molecule has 0 spiro atoms. The Morgan fingerprint density at radius 2 is 1.83 bits per heavy atom. The highest BCUT2D eigenvalue weighted by Crippen LogP contribution is 2.22. The average molecular weight is 315 g/mol. The van der Waals surface area contributed by atoms with Crippen LogP contribution in [0.3, 0.4) is 0 Å². The SMILES string of the molecule is C[C@H]1C[C@H](C)CN(C(=O)Nc2cccc(C(=O)NC3CC3)c2)C1. The molecule has 2 fully saturated rings. The van der Waals surface area contributed by atoms with Gasteiger partial charge in [-0.05, 0) is 49.3 Å². The molecule has 1 saturated heterocycles. The quantitative estimate of drug-likeness (QED) is 0.900. The minimum absolute atomic E-state index is 0.0659. The Bertz CT molecular complexity index is 588. The summed E-state index contributed by atoms with van der Waals surface area (Å²) in [7, 11) is 0. The van der Waals surface area contributed by atoms with Crippen molar-refractivity contribution < 1.29 is 9.59 Å². The molecular weight excluding hydrogens is 290 g/mol. The second kappa shape index (κ2) is 6.60. The van der Waals surface area contributed by atoms with E-state index in [0.29, 0.717) is 29.1 Å². The lowest BCUT2D eigenvalue weighted by Crippen LogP contribution is -2.44. The molecule has 1 aromatic rings. The van der Waals surface area contributed by atoms with Crippen LogP contribution in [-0.4, -0.2) is 36.0 Å². The maximum atomic E-state index is 12.4. The number of nitrogens with zero attached hydrogens (tertiary/aromatic N) is 1. The third-order valence-electron chi connectivity index (χ3n) is 4.44. The number of anilines is 1. The van der Waals surface area contributed by atoms with Gasteiger partial charge in [-0.1, -0.05) is 19.9 Å². The highest BCUT2D eigenvalue weighted by molar-refractivity contribution is 5.97. The van der Waals surface area contributed by atoms with Crippen molar-refractivity contribution in [3.8, 4) is 0 Å². The molecule has 5 nitrogen and oxygen atoms in total. The number of piperidine rings is 1. The lowest BCUT2D eigenvalue weighted by molar-refractivity contribution is 0.0951. The van der Waals surface area contributed by atoms with Crippen LogP contribution >= 0.6 is 0 Å². The average Bonchev–Trinajstić information content (AvgIpc) is 3.30. The van der Waals surface area contributed by atoms with Gasteiger partial charge in [-0.3, -0.25) is 4.79 Å². The molecule has 1 heterocycles. The van der Waals surface area contributed by atoms with Gasteiger partial charge in [0.15, 0.2) is 0 Å². The second-order valence-electron chi connectivity index (χ2n) is 7.11. The van der Waals surface area contributed by atoms with Gasteiger partial charge < -0.3 is 15.5 Å². The molecule has 1 aromatic carbocycles. The largest absolute Gasteiger partial charge is 0.349 e. The summed E-state index contributed by atoms with van der Waals surface area (Å²) < 4.78 is 0. The summed E-state index contributed by atoms with van der Waals surface area (Å²) in [6, 6.07) is 7.40. The van der Waals surface area contributed by atoms with Crippen LogP contribution in [0.25, 0.3) is 0 Å². The molecule has 23 heavy (non-hydrogen) atoms. The van der Waals surface area contributed by atoms with Crippen molar-refractivity contribution in [2.24, 2.45) is 11.8 Å². The fraction of sp³-hybridized carbons (Fsp3) is 0.556. The van der Waals surface area contributed by atoms with Gasteiger partial charge in [0.05, 0.1) is 0 Å². The van der Waals surface area contributed by atoms with Gasteiger partial charge in [-0.2, -0.15) is 0 Å². The zero-order valence-electron chi connectivity index (χ0n) is 13.8. The van der Waals surface area contributed by atoms with E-state index in [-0.39, 0.29) is 11.9 Å². The molecule has 0 radical (unpaired) electrons. The van der Waals surface area contributed by atoms with Crippen molar-refractivity contribution in [1.29, 1.82) is 0 Å². The van der Waals surface area contributed by atoms with Gasteiger partial charge in [0, 0.05) is 30.4 Å². The Balaban J connectivity index is 1.62. The molecule has 124 valence electrons. The first-order chi connectivity index (χ1) is 11.0. The van der Waals surface area contributed by atoms with Crippen molar-refractivity contribution in [3.63, 3.8) is 0 Å². The Morgan fingerprint density at radius 1 is 1.13 bits per heavy atom. The van der Waals surface area contributed by atoms with Gasteiger partial charge in [0.2, 0.25) is 0 Å². The Morgan fingerprint density at radius 3 is 2.48 bits per heavy atom. The highest BCUT2D eigenvalue weighted by Gasteiger charge is 2.26. The summed E-state index contributed by atoms with van der Waals surface area (Å²) in [5, 5.41) is 5.89. The smallest absolute Gasteiger partial charge is 0.321 e. The zero-order chi connectivity index (χ0) is 16.4. The Labute approximate surface area is 137 Å². The first-order valence-electron chi connectivity index (χ1n) is 8.48. The molecular formula is C18H25N3O2. The molecule has 2 N–H and O–H groups in total. The van der Waals surface area contributed by atoms with E-state index in [1.54, 1.807) is 18.2 Å². The van der Waals surface area contributed by atoms with E-state index in [4.69, 9.17) is 0 Å². The third-order valence-corrected chi connectivity index (χ3v) is 4.44. The van der Waals surface area contributed by atoms with Crippen LogP contribution in [-0.2, 0) is 0 Å². The van der Waals surface area contributed by atoms with E-state index >= 15 is 0 Å². The molecule has 3 amide bonds. The summed E-state index contributed by atoms with van der Waals surface area (Å²) in [6.45, 7) is 5.94. The molecule has 0 aromatic heterocycles. The number of hydrogen-bond acceptors (Lipinski definition) is 2. The van der Waals surface area contributed by atoms with E-state index in [9.17, 15) is 9.59 Å². The third kappa shape index (κ3) is 4.24. The van der Waals surface area contributed by atoms with Gasteiger partial charge in [-0.15, -0.1) is 0 Å². The normalized spacial score (nSPS) is 24.2. The molecule has 1 saturated carbocycles. The van der Waals surface area contributed by atoms with E-state index in [1.165, 1.54) is 6.42 Å².